The molecule has 2 rings (SSSR count). The second-order valence-electron chi connectivity index (χ2n) is 7.81. The highest BCUT2D eigenvalue weighted by Crippen LogP contribution is 2.23. The Kier molecular flexibility index (Phi) is 8.00. The van der Waals surface area contributed by atoms with E-state index in [0.29, 0.717) is 17.7 Å². The first-order valence-electron chi connectivity index (χ1n) is 9.86. The molecule has 1 aliphatic rings. The first kappa shape index (κ1) is 22.8. The number of aryl methyl sites for hydroxylation is 1. The molecule has 0 saturated carbocycles. The van der Waals surface area contributed by atoms with Crippen molar-refractivity contribution in [1.29, 1.82) is 0 Å². The molecule has 1 amide bonds. The Bertz CT molecular complexity index is 785. The fraction of sp³-hybridized carbons (Fsp3) is 0.650. The second kappa shape index (κ2) is 9.82. The van der Waals surface area contributed by atoms with Gasteiger partial charge in [-0.05, 0) is 63.5 Å². The highest BCUT2D eigenvalue weighted by molar-refractivity contribution is 7.89. The number of unbranched alkanes of at least 4 members (excludes halogenated alkanes) is 1. The third-order valence-electron chi connectivity index (χ3n) is 5.42. The first-order valence-corrected chi connectivity index (χ1v) is 11.3. The van der Waals surface area contributed by atoms with Gasteiger partial charge in [0.1, 0.15) is 0 Å². The highest BCUT2D eigenvalue weighted by atomic mass is 32.2. The molecule has 1 N–H and O–H groups in total. The van der Waals surface area contributed by atoms with Crippen LogP contribution in [0.2, 0.25) is 0 Å². The molecule has 0 aliphatic carbocycles. The van der Waals surface area contributed by atoms with E-state index in [1.165, 1.54) is 24.5 Å². The first-order chi connectivity index (χ1) is 13.1. The predicted octanol–water partition coefficient (Wildman–Crippen LogP) is 1.31. The Morgan fingerprint density at radius 2 is 1.75 bits per heavy atom. The molecule has 1 fully saturated rings. The third kappa shape index (κ3) is 5.76. The van der Waals surface area contributed by atoms with Gasteiger partial charge in [-0.15, -0.1) is 0 Å². The van der Waals surface area contributed by atoms with Crippen molar-refractivity contribution in [1.82, 2.24) is 19.4 Å². The van der Waals surface area contributed by atoms with Crippen molar-refractivity contribution in [2.45, 2.75) is 31.6 Å². The smallest absolute Gasteiger partial charge is 0.251 e. The van der Waals surface area contributed by atoms with Crippen LogP contribution in [0.25, 0.3) is 0 Å². The van der Waals surface area contributed by atoms with Gasteiger partial charge >= 0.3 is 0 Å². The molecule has 8 heteroatoms. The molecule has 0 atom stereocenters. The number of amides is 1. The van der Waals surface area contributed by atoms with E-state index >= 15 is 0 Å². The van der Waals surface area contributed by atoms with Gasteiger partial charge in [-0.1, -0.05) is 0 Å². The van der Waals surface area contributed by atoms with E-state index in [2.05, 4.69) is 22.2 Å². The van der Waals surface area contributed by atoms with Crippen molar-refractivity contribution in [3.8, 4) is 0 Å². The summed E-state index contributed by atoms with van der Waals surface area (Å²) in [5.74, 6) is -0.224. The Morgan fingerprint density at radius 1 is 1.11 bits per heavy atom. The topological polar surface area (TPSA) is 73.0 Å². The van der Waals surface area contributed by atoms with E-state index in [9.17, 15) is 13.2 Å². The number of nitrogens with one attached hydrogen (secondary N) is 1. The average molecular weight is 411 g/mol. The molecule has 0 unspecified atom stereocenters. The van der Waals surface area contributed by atoms with Crippen LogP contribution >= 0.6 is 0 Å². The lowest BCUT2D eigenvalue weighted by atomic mass is 10.1. The van der Waals surface area contributed by atoms with E-state index in [1.54, 1.807) is 13.0 Å². The molecule has 1 saturated heterocycles. The predicted molar refractivity (Wildman–Crippen MR) is 112 cm³/mol. The van der Waals surface area contributed by atoms with E-state index in [1.807, 2.05) is 6.92 Å². The minimum absolute atomic E-state index is 0.192. The van der Waals surface area contributed by atoms with Gasteiger partial charge in [-0.3, -0.25) is 4.79 Å². The SMILES string of the molecule is Cc1cc(C(=O)NCCCCN2CCN(C)CC2)cc(S(=O)(=O)N(C)C)c1C. The van der Waals surface area contributed by atoms with E-state index in [-0.39, 0.29) is 10.8 Å². The molecule has 1 heterocycles. The lowest BCUT2D eigenvalue weighted by molar-refractivity contribution is 0.0951. The fourth-order valence-electron chi connectivity index (χ4n) is 3.26. The molecule has 0 spiro atoms. The Hall–Kier alpha value is -1.48. The summed E-state index contributed by atoms with van der Waals surface area (Å²) >= 11 is 0. The summed E-state index contributed by atoms with van der Waals surface area (Å²) in [6.45, 7) is 9.68. The number of piperazine rings is 1. The van der Waals surface area contributed by atoms with Gasteiger partial charge in [0.2, 0.25) is 10.0 Å². The maximum absolute atomic E-state index is 12.5. The molecule has 1 aliphatic heterocycles. The molecule has 28 heavy (non-hydrogen) atoms. The van der Waals surface area contributed by atoms with Crippen LogP contribution in [0, 0.1) is 13.8 Å². The molecule has 7 nitrogen and oxygen atoms in total. The molecule has 1 aromatic carbocycles. The van der Waals surface area contributed by atoms with Crippen LogP contribution < -0.4 is 5.32 Å². The van der Waals surface area contributed by atoms with Crippen LogP contribution in [0.15, 0.2) is 17.0 Å². The van der Waals surface area contributed by atoms with Gasteiger partial charge in [0.05, 0.1) is 4.90 Å². The average Bonchev–Trinajstić information content (AvgIpc) is 2.64. The highest BCUT2D eigenvalue weighted by Gasteiger charge is 2.23. The maximum Gasteiger partial charge on any atom is 0.251 e. The standard InChI is InChI=1S/C20H34N4O3S/c1-16-14-18(15-19(17(16)2)28(26,27)22(3)4)20(25)21-8-6-7-9-24-12-10-23(5)11-13-24/h14-15H,6-13H2,1-5H3,(H,21,25). The van der Waals surface area contributed by atoms with Crippen molar-refractivity contribution in [2.75, 3.05) is 60.4 Å². The van der Waals surface area contributed by atoms with E-state index < -0.39 is 10.0 Å². The zero-order valence-corrected chi connectivity index (χ0v) is 18.6. The molecule has 0 radical (unpaired) electrons. The monoisotopic (exact) mass is 410 g/mol. The number of benzene rings is 1. The van der Waals surface area contributed by atoms with Crippen molar-refractivity contribution in [3.63, 3.8) is 0 Å². The van der Waals surface area contributed by atoms with Gasteiger partial charge in [-0.25, -0.2) is 12.7 Å². The summed E-state index contributed by atoms with van der Waals surface area (Å²) in [4.78, 5) is 17.5. The fourth-order valence-corrected chi connectivity index (χ4v) is 4.48. The Labute approximate surface area is 169 Å². The molecule has 0 aromatic heterocycles. The quantitative estimate of drug-likeness (QED) is 0.654. The van der Waals surface area contributed by atoms with Crippen molar-refractivity contribution in [2.24, 2.45) is 0 Å². The maximum atomic E-state index is 12.5. The second-order valence-corrected chi connectivity index (χ2v) is 9.93. The van der Waals surface area contributed by atoms with Crippen molar-refractivity contribution >= 4 is 15.9 Å². The minimum atomic E-state index is -3.59. The van der Waals surface area contributed by atoms with E-state index in [4.69, 9.17) is 0 Å². The lowest BCUT2D eigenvalue weighted by Gasteiger charge is -2.32. The number of sulfonamides is 1. The molecular formula is C20H34N4O3S. The largest absolute Gasteiger partial charge is 0.352 e. The van der Waals surface area contributed by atoms with Crippen molar-refractivity contribution < 1.29 is 13.2 Å². The summed E-state index contributed by atoms with van der Waals surface area (Å²) in [7, 11) is 1.55. The molecule has 1 aromatic rings. The number of rotatable bonds is 8. The summed E-state index contributed by atoms with van der Waals surface area (Å²) in [6.07, 6.45) is 1.95. The number of carbonyl (C=O) groups excluding carboxylic acids is 1. The third-order valence-corrected chi connectivity index (χ3v) is 7.36. The van der Waals surface area contributed by atoms with Gasteiger partial charge < -0.3 is 15.1 Å². The number of likely N-dealkylation sites (N-methyl/N-ethyl adjacent to an activating group) is 1. The molecule has 158 valence electrons. The van der Waals surface area contributed by atoms with Gasteiger partial charge in [0.15, 0.2) is 0 Å². The summed E-state index contributed by atoms with van der Waals surface area (Å²) in [5, 5.41) is 2.92. The van der Waals surface area contributed by atoms with Gasteiger partial charge in [-0.2, -0.15) is 0 Å². The van der Waals surface area contributed by atoms with Crippen LogP contribution in [0.4, 0.5) is 0 Å². The Morgan fingerprint density at radius 3 is 2.36 bits per heavy atom. The molecular weight excluding hydrogens is 376 g/mol. The summed E-state index contributed by atoms with van der Waals surface area (Å²) < 4.78 is 26.2. The molecule has 0 bridgehead atoms. The van der Waals surface area contributed by atoms with Crippen LogP contribution in [-0.2, 0) is 10.0 Å². The number of carbonyl (C=O) groups is 1. The summed E-state index contributed by atoms with van der Waals surface area (Å²) in [5.41, 5.74) is 1.86. The summed E-state index contributed by atoms with van der Waals surface area (Å²) in [6, 6.07) is 3.24. The van der Waals surface area contributed by atoms with Crippen molar-refractivity contribution in [3.05, 3.63) is 28.8 Å². The number of hydrogen-bond donors (Lipinski definition) is 1. The van der Waals surface area contributed by atoms with E-state index in [0.717, 1.165) is 51.1 Å². The zero-order chi connectivity index (χ0) is 20.9. The van der Waals surface area contributed by atoms with Crippen LogP contribution in [0.5, 0.6) is 0 Å². The van der Waals surface area contributed by atoms with Gasteiger partial charge in [0.25, 0.3) is 5.91 Å². The number of nitrogens with zero attached hydrogens (tertiary/aromatic N) is 3. The Balaban J connectivity index is 1.89. The minimum Gasteiger partial charge on any atom is -0.352 e. The lowest BCUT2D eigenvalue weighted by Crippen LogP contribution is -2.44. The van der Waals surface area contributed by atoms with Crippen LogP contribution in [0.1, 0.15) is 34.3 Å². The number of hydrogen-bond acceptors (Lipinski definition) is 5. The normalized spacial score (nSPS) is 16.5. The zero-order valence-electron chi connectivity index (χ0n) is 17.8. The van der Waals surface area contributed by atoms with Crippen LogP contribution in [0.3, 0.4) is 0 Å². The van der Waals surface area contributed by atoms with Gasteiger partial charge in [0, 0.05) is 52.4 Å². The van der Waals surface area contributed by atoms with Crippen LogP contribution in [-0.4, -0.2) is 88.8 Å².